The summed E-state index contributed by atoms with van der Waals surface area (Å²) in [6, 6.07) is 3.86. The zero-order chi connectivity index (χ0) is 11.4. The number of rotatable bonds is 4. The molecule has 84 valence electrons. The van der Waals surface area contributed by atoms with Crippen molar-refractivity contribution in [3.05, 3.63) is 33.7 Å². The van der Waals surface area contributed by atoms with Gasteiger partial charge in [0.25, 0.3) is 5.56 Å². The third kappa shape index (κ3) is 2.63. The fourth-order valence-corrected chi connectivity index (χ4v) is 1.90. The molecule has 2 nitrogen and oxygen atoms in total. The molecule has 0 aliphatic rings. The minimum Gasteiger partial charge on any atom is -0.312 e. The van der Waals surface area contributed by atoms with E-state index in [0.29, 0.717) is 17.4 Å². The zero-order valence-electron chi connectivity index (χ0n) is 9.59. The van der Waals surface area contributed by atoms with Crippen LogP contribution < -0.4 is 5.56 Å². The molecule has 0 radical (unpaired) electrons. The normalized spacial score (nSPS) is 11.0. The number of pyridine rings is 1. The number of alkyl halides is 1. The second-order valence-corrected chi connectivity index (χ2v) is 4.30. The Morgan fingerprint density at radius 2 is 2.07 bits per heavy atom. The number of halogens is 1. The minimum absolute atomic E-state index is 0.0676. The summed E-state index contributed by atoms with van der Waals surface area (Å²) >= 11 is 5.72. The molecule has 15 heavy (non-hydrogen) atoms. The van der Waals surface area contributed by atoms with Crippen LogP contribution in [0.25, 0.3) is 0 Å². The predicted molar refractivity (Wildman–Crippen MR) is 64.6 cm³/mol. The molecule has 1 aromatic rings. The SMILES string of the molecule is CCCn1c(C(C)C)ccc(CCl)c1=O. The van der Waals surface area contributed by atoms with E-state index in [1.807, 2.05) is 16.7 Å². The van der Waals surface area contributed by atoms with Crippen LogP contribution in [0.3, 0.4) is 0 Å². The van der Waals surface area contributed by atoms with Gasteiger partial charge in [-0.05, 0) is 18.4 Å². The van der Waals surface area contributed by atoms with Crippen LogP contribution in [0.15, 0.2) is 16.9 Å². The van der Waals surface area contributed by atoms with Crippen LogP contribution in [-0.4, -0.2) is 4.57 Å². The summed E-state index contributed by atoms with van der Waals surface area (Å²) in [5, 5.41) is 0. The van der Waals surface area contributed by atoms with Crippen molar-refractivity contribution in [2.75, 3.05) is 0 Å². The topological polar surface area (TPSA) is 22.0 Å². The number of nitrogens with zero attached hydrogens (tertiary/aromatic N) is 1. The highest BCUT2D eigenvalue weighted by Crippen LogP contribution is 2.14. The molecule has 0 saturated carbocycles. The molecule has 0 aliphatic heterocycles. The van der Waals surface area contributed by atoms with Gasteiger partial charge in [-0.2, -0.15) is 0 Å². The lowest BCUT2D eigenvalue weighted by atomic mass is 10.1. The van der Waals surface area contributed by atoms with Gasteiger partial charge in [0, 0.05) is 17.8 Å². The molecule has 0 unspecified atom stereocenters. The average molecular weight is 228 g/mol. The van der Waals surface area contributed by atoms with Gasteiger partial charge in [-0.25, -0.2) is 0 Å². The van der Waals surface area contributed by atoms with E-state index in [2.05, 4.69) is 20.8 Å². The summed E-state index contributed by atoms with van der Waals surface area (Å²) < 4.78 is 1.85. The quantitative estimate of drug-likeness (QED) is 0.725. The number of aromatic nitrogens is 1. The van der Waals surface area contributed by atoms with Gasteiger partial charge in [-0.3, -0.25) is 4.79 Å². The van der Waals surface area contributed by atoms with Gasteiger partial charge in [-0.15, -0.1) is 11.6 Å². The summed E-state index contributed by atoms with van der Waals surface area (Å²) in [5.41, 5.74) is 1.85. The van der Waals surface area contributed by atoms with Crippen molar-refractivity contribution in [3.63, 3.8) is 0 Å². The second kappa shape index (κ2) is 5.36. The molecular weight excluding hydrogens is 210 g/mol. The van der Waals surface area contributed by atoms with Crippen molar-refractivity contribution >= 4 is 11.6 Å². The largest absolute Gasteiger partial charge is 0.312 e. The lowest BCUT2D eigenvalue weighted by molar-refractivity contribution is 0.592. The van der Waals surface area contributed by atoms with Crippen molar-refractivity contribution in [3.8, 4) is 0 Å². The molecule has 0 saturated heterocycles. The molecule has 1 heterocycles. The maximum atomic E-state index is 12.0. The number of hydrogen-bond acceptors (Lipinski definition) is 1. The van der Waals surface area contributed by atoms with Crippen LogP contribution in [0.2, 0.25) is 0 Å². The highest BCUT2D eigenvalue weighted by Gasteiger charge is 2.09. The zero-order valence-corrected chi connectivity index (χ0v) is 10.3. The first-order chi connectivity index (χ1) is 7.11. The Kier molecular flexibility index (Phi) is 4.40. The second-order valence-electron chi connectivity index (χ2n) is 4.03. The number of hydrogen-bond donors (Lipinski definition) is 0. The maximum absolute atomic E-state index is 12.0. The lowest BCUT2D eigenvalue weighted by Crippen LogP contribution is -2.26. The van der Waals surface area contributed by atoms with E-state index < -0.39 is 0 Å². The standard InChI is InChI=1S/C12H18ClNO/c1-4-7-14-11(9(2)3)6-5-10(8-13)12(14)15/h5-6,9H,4,7-8H2,1-3H3. The van der Waals surface area contributed by atoms with Crippen molar-refractivity contribution in [1.82, 2.24) is 4.57 Å². The van der Waals surface area contributed by atoms with Crippen LogP contribution >= 0.6 is 11.6 Å². The molecule has 0 atom stereocenters. The molecule has 0 amide bonds. The predicted octanol–water partition coefficient (Wildman–Crippen LogP) is 3.12. The van der Waals surface area contributed by atoms with E-state index in [1.54, 1.807) is 0 Å². The molecule has 0 spiro atoms. The average Bonchev–Trinajstić information content (AvgIpc) is 2.20. The molecule has 0 bridgehead atoms. The minimum atomic E-state index is 0.0676. The molecule has 0 fully saturated rings. The Labute approximate surface area is 95.9 Å². The first-order valence-electron chi connectivity index (χ1n) is 5.40. The van der Waals surface area contributed by atoms with E-state index >= 15 is 0 Å². The lowest BCUT2D eigenvalue weighted by Gasteiger charge is -2.15. The van der Waals surface area contributed by atoms with Crippen molar-refractivity contribution in [1.29, 1.82) is 0 Å². The molecule has 1 rings (SSSR count). The van der Waals surface area contributed by atoms with Gasteiger partial charge < -0.3 is 4.57 Å². The van der Waals surface area contributed by atoms with Gasteiger partial charge in [0.05, 0.1) is 5.88 Å². The highest BCUT2D eigenvalue weighted by atomic mass is 35.5. The summed E-state index contributed by atoms with van der Waals surface area (Å²) in [6.45, 7) is 7.05. The first kappa shape index (κ1) is 12.3. The van der Waals surface area contributed by atoms with Crippen LogP contribution in [-0.2, 0) is 12.4 Å². The molecule has 0 aliphatic carbocycles. The Balaban J connectivity index is 3.31. The highest BCUT2D eigenvalue weighted by molar-refractivity contribution is 6.17. The summed E-state index contributed by atoms with van der Waals surface area (Å²) in [4.78, 5) is 12.0. The van der Waals surface area contributed by atoms with Gasteiger partial charge >= 0.3 is 0 Å². The maximum Gasteiger partial charge on any atom is 0.255 e. The van der Waals surface area contributed by atoms with E-state index in [-0.39, 0.29) is 5.56 Å². The summed E-state index contributed by atoms with van der Waals surface area (Å²) in [7, 11) is 0. The molecule has 1 aromatic heterocycles. The Morgan fingerprint density at radius 1 is 1.40 bits per heavy atom. The van der Waals surface area contributed by atoms with Crippen molar-refractivity contribution in [2.24, 2.45) is 0 Å². The fraction of sp³-hybridized carbons (Fsp3) is 0.583. The third-order valence-corrected chi connectivity index (χ3v) is 2.76. The summed E-state index contributed by atoms with van der Waals surface area (Å²) in [5.74, 6) is 0.662. The smallest absolute Gasteiger partial charge is 0.255 e. The molecule has 0 N–H and O–H groups in total. The van der Waals surface area contributed by atoms with Gasteiger partial charge in [0.15, 0.2) is 0 Å². The monoisotopic (exact) mass is 227 g/mol. The van der Waals surface area contributed by atoms with Crippen LogP contribution in [0, 0.1) is 0 Å². The third-order valence-electron chi connectivity index (χ3n) is 2.47. The van der Waals surface area contributed by atoms with E-state index in [0.717, 1.165) is 18.7 Å². The van der Waals surface area contributed by atoms with Gasteiger partial charge in [0.2, 0.25) is 0 Å². The van der Waals surface area contributed by atoms with Gasteiger partial charge in [-0.1, -0.05) is 26.8 Å². The van der Waals surface area contributed by atoms with Crippen molar-refractivity contribution in [2.45, 2.75) is 45.5 Å². The van der Waals surface area contributed by atoms with Crippen LogP contribution in [0.5, 0.6) is 0 Å². The Morgan fingerprint density at radius 3 is 2.53 bits per heavy atom. The Bertz CT molecular complexity index is 382. The molecule has 0 aromatic carbocycles. The molecular formula is C12H18ClNO. The van der Waals surface area contributed by atoms with E-state index in [1.165, 1.54) is 0 Å². The fourth-order valence-electron chi connectivity index (χ4n) is 1.70. The summed E-state index contributed by atoms with van der Waals surface area (Å²) in [6.07, 6.45) is 0.964. The van der Waals surface area contributed by atoms with Crippen LogP contribution in [0.4, 0.5) is 0 Å². The van der Waals surface area contributed by atoms with Gasteiger partial charge in [0.1, 0.15) is 0 Å². The first-order valence-corrected chi connectivity index (χ1v) is 5.93. The molecule has 3 heteroatoms. The Hall–Kier alpha value is -0.760. The van der Waals surface area contributed by atoms with E-state index in [4.69, 9.17) is 11.6 Å². The van der Waals surface area contributed by atoms with E-state index in [9.17, 15) is 4.79 Å². The van der Waals surface area contributed by atoms with Crippen molar-refractivity contribution < 1.29 is 0 Å². The van der Waals surface area contributed by atoms with Crippen LogP contribution in [0.1, 0.15) is 44.4 Å².